The third-order valence-corrected chi connectivity index (χ3v) is 4.84. The first-order chi connectivity index (χ1) is 12.0. The number of anilines is 1. The van der Waals surface area contributed by atoms with E-state index in [0.29, 0.717) is 0 Å². The molecule has 0 radical (unpaired) electrons. The van der Waals surface area contributed by atoms with Gasteiger partial charge in [-0.05, 0) is 12.1 Å². The molecule has 2 rings (SSSR count). The normalized spacial score (nSPS) is 11.8. The first-order valence-corrected chi connectivity index (χ1v) is 11.6. The van der Waals surface area contributed by atoms with Crippen molar-refractivity contribution in [1.29, 1.82) is 0 Å². The first kappa shape index (κ1) is 20.0. The second-order valence-electron chi connectivity index (χ2n) is 6.61. The molecule has 0 unspecified atom stereocenters. The number of ether oxygens (including phenoxy) is 1. The molecule has 2 N–H and O–H groups in total. The average molecular weight is 398 g/mol. The van der Waals surface area contributed by atoms with Gasteiger partial charge in [-0.2, -0.15) is 0 Å². The summed E-state index contributed by atoms with van der Waals surface area (Å²) in [5.41, 5.74) is 7.81. The molecule has 9 heteroatoms. The van der Waals surface area contributed by atoms with Crippen LogP contribution in [-0.2, 0) is 4.74 Å². The minimum atomic E-state index is -1.60. The second kappa shape index (κ2) is 7.51. The number of aromatic nitrogens is 2. The number of carbonyl (C=O) groups excluding carboxylic acids is 1. The van der Waals surface area contributed by atoms with Gasteiger partial charge in [0.2, 0.25) is 0 Å². The number of rotatable bonds is 4. The maximum Gasteiger partial charge on any atom is 0.357 e. The van der Waals surface area contributed by atoms with Crippen molar-refractivity contribution in [2.75, 3.05) is 12.8 Å². The lowest BCUT2D eigenvalue weighted by molar-refractivity contribution is 0.0593. The van der Waals surface area contributed by atoms with Crippen LogP contribution in [0.5, 0.6) is 0 Å². The van der Waals surface area contributed by atoms with Crippen LogP contribution < -0.4 is 5.73 Å². The van der Waals surface area contributed by atoms with E-state index in [1.807, 2.05) is 5.70 Å². The summed E-state index contributed by atoms with van der Waals surface area (Å²) in [5.74, 6) is -3.49. The van der Waals surface area contributed by atoms with E-state index in [9.17, 15) is 13.6 Å². The second-order valence-corrected chi connectivity index (χ2v) is 12.1. The van der Waals surface area contributed by atoms with Gasteiger partial charge in [0.25, 0.3) is 0 Å². The Kier molecular flexibility index (Phi) is 5.77. The summed E-state index contributed by atoms with van der Waals surface area (Å²) in [6.45, 7) is 6.29. The summed E-state index contributed by atoms with van der Waals surface area (Å²) in [6, 6.07) is 2.39. The summed E-state index contributed by atoms with van der Waals surface area (Å²) in [4.78, 5) is 20.2. The van der Waals surface area contributed by atoms with E-state index in [0.717, 1.165) is 0 Å². The highest BCUT2D eigenvalue weighted by molar-refractivity contribution is 6.81. The average Bonchev–Trinajstić information content (AvgIpc) is 2.56. The lowest BCUT2D eigenvalue weighted by atomic mass is 10.1. The molecule has 0 atom stereocenters. The van der Waals surface area contributed by atoms with Crippen molar-refractivity contribution in [3.05, 3.63) is 45.7 Å². The van der Waals surface area contributed by atoms with Crippen LogP contribution in [0.25, 0.3) is 17.5 Å². The fraction of sp³-hybridized carbons (Fsp3) is 0.235. The number of benzene rings is 1. The Hall–Kier alpha value is -2.32. The van der Waals surface area contributed by atoms with Crippen LogP contribution in [0.1, 0.15) is 16.1 Å². The highest BCUT2D eigenvalue weighted by atomic mass is 35.5. The van der Waals surface area contributed by atoms with Crippen molar-refractivity contribution in [3.63, 3.8) is 0 Å². The summed E-state index contributed by atoms with van der Waals surface area (Å²) < 4.78 is 32.7. The van der Waals surface area contributed by atoms with E-state index in [1.54, 1.807) is 6.08 Å². The number of nitrogens with zero attached hydrogens (tertiary/aromatic N) is 2. The van der Waals surface area contributed by atoms with Crippen molar-refractivity contribution in [2.45, 2.75) is 19.6 Å². The lowest BCUT2D eigenvalue weighted by Gasteiger charge is -2.12. The summed E-state index contributed by atoms with van der Waals surface area (Å²) in [7, 11) is -0.410. The zero-order valence-electron chi connectivity index (χ0n) is 14.7. The van der Waals surface area contributed by atoms with E-state index in [4.69, 9.17) is 22.1 Å². The van der Waals surface area contributed by atoms with Gasteiger partial charge in [-0.25, -0.2) is 23.5 Å². The van der Waals surface area contributed by atoms with Gasteiger partial charge in [-0.1, -0.05) is 43.0 Å². The van der Waals surface area contributed by atoms with Gasteiger partial charge < -0.3 is 10.5 Å². The number of methoxy groups -OCH3 is 1. The maximum atomic E-state index is 14.2. The van der Waals surface area contributed by atoms with Crippen LogP contribution >= 0.6 is 11.6 Å². The molecular formula is C17H18ClF2N3O2Si. The molecule has 0 aliphatic heterocycles. The number of hydrogen-bond acceptors (Lipinski definition) is 5. The van der Waals surface area contributed by atoms with E-state index < -0.39 is 25.7 Å². The largest absolute Gasteiger partial charge is 0.464 e. The third kappa shape index (κ3) is 4.25. The molecule has 0 amide bonds. The minimum absolute atomic E-state index is 0.0420. The van der Waals surface area contributed by atoms with Gasteiger partial charge in [0.1, 0.15) is 5.82 Å². The summed E-state index contributed by atoms with van der Waals surface area (Å²) in [5, 5.41) is -0.373. The maximum absolute atomic E-state index is 14.2. The monoisotopic (exact) mass is 397 g/mol. The van der Waals surface area contributed by atoms with Crippen LogP contribution in [0.3, 0.4) is 0 Å². The van der Waals surface area contributed by atoms with Crippen molar-refractivity contribution < 1.29 is 18.3 Å². The number of hydrogen-bond donors (Lipinski definition) is 1. The van der Waals surface area contributed by atoms with Crippen molar-refractivity contribution >= 4 is 37.5 Å². The fourth-order valence-electron chi connectivity index (χ4n) is 2.06. The van der Waals surface area contributed by atoms with Gasteiger partial charge in [0.15, 0.2) is 23.2 Å². The molecule has 26 heavy (non-hydrogen) atoms. The first-order valence-electron chi connectivity index (χ1n) is 7.64. The smallest absolute Gasteiger partial charge is 0.357 e. The summed E-state index contributed by atoms with van der Waals surface area (Å²) >= 11 is 5.56. The Labute approximate surface area is 155 Å². The van der Waals surface area contributed by atoms with Gasteiger partial charge in [-0.3, -0.25) is 0 Å². The quantitative estimate of drug-likeness (QED) is 0.472. The molecule has 0 aliphatic carbocycles. The number of nitrogen functional groups attached to an aromatic ring is 1. The highest BCUT2D eigenvalue weighted by Gasteiger charge is 2.22. The minimum Gasteiger partial charge on any atom is -0.464 e. The fourth-order valence-corrected chi connectivity index (χ4v) is 2.87. The lowest BCUT2D eigenvalue weighted by Crippen LogP contribution is -2.16. The number of nitrogens with two attached hydrogens (primary N) is 1. The Bertz CT molecular complexity index is 899. The predicted octanol–water partition coefficient (Wildman–Crippen LogP) is 4.33. The number of halogens is 3. The van der Waals surface area contributed by atoms with Crippen molar-refractivity contribution in [2.24, 2.45) is 0 Å². The standard InChI is InChI=1S/C17H18ClF2N3O2Si/c1-25-17(24)14-10(7-8-26(2,3)4)15(21)23-16(22-14)9-5-6-11(18)13(20)12(9)19/h5-8H,1-4H3,(H2,21,22,23). The molecular weight excluding hydrogens is 380 g/mol. The van der Waals surface area contributed by atoms with Gasteiger partial charge in [-0.15, -0.1) is 0 Å². The van der Waals surface area contributed by atoms with E-state index in [-0.39, 0.29) is 33.5 Å². The SMILES string of the molecule is COC(=O)c1nc(-c2ccc(Cl)c(F)c2F)nc(N)c1C=C[Si](C)(C)C. The highest BCUT2D eigenvalue weighted by Crippen LogP contribution is 2.29. The Morgan fingerprint density at radius 1 is 1.23 bits per heavy atom. The van der Waals surface area contributed by atoms with E-state index in [2.05, 4.69) is 29.6 Å². The van der Waals surface area contributed by atoms with Crippen molar-refractivity contribution in [3.8, 4) is 11.4 Å². The Morgan fingerprint density at radius 3 is 2.46 bits per heavy atom. The zero-order valence-corrected chi connectivity index (χ0v) is 16.5. The Morgan fingerprint density at radius 2 is 1.88 bits per heavy atom. The van der Waals surface area contributed by atoms with E-state index >= 15 is 0 Å². The van der Waals surface area contributed by atoms with Gasteiger partial charge >= 0.3 is 5.97 Å². The van der Waals surface area contributed by atoms with E-state index in [1.165, 1.54) is 19.2 Å². The van der Waals surface area contributed by atoms with Crippen LogP contribution in [0.15, 0.2) is 17.8 Å². The number of esters is 1. The molecule has 0 fully saturated rings. The van der Waals surface area contributed by atoms with Crippen LogP contribution in [0.4, 0.5) is 14.6 Å². The predicted molar refractivity (Wildman–Crippen MR) is 101 cm³/mol. The molecule has 0 bridgehead atoms. The molecule has 0 spiro atoms. The van der Waals surface area contributed by atoms with Gasteiger partial charge in [0.05, 0.1) is 25.8 Å². The van der Waals surface area contributed by atoms with Crippen LogP contribution in [0.2, 0.25) is 24.7 Å². The van der Waals surface area contributed by atoms with Crippen LogP contribution in [-0.4, -0.2) is 31.1 Å². The molecule has 138 valence electrons. The third-order valence-electron chi connectivity index (χ3n) is 3.38. The Balaban J connectivity index is 2.69. The number of carbonyl (C=O) groups is 1. The molecule has 1 aromatic carbocycles. The molecule has 1 heterocycles. The van der Waals surface area contributed by atoms with Crippen LogP contribution in [0, 0.1) is 11.6 Å². The molecule has 2 aromatic rings. The zero-order chi connectivity index (χ0) is 19.6. The molecule has 5 nitrogen and oxygen atoms in total. The van der Waals surface area contributed by atoms with Gasteiger partial charge in [0, 0.05) is 5.56 Å². The topological polar surface area (TPSA) is 78.1 Å². The van der Waals surface area contributed by atoms with Crippen molar-refractivity contribution in [1.82, 2.24) is 9.97 Å². The molecule has 0 saturated carbocycles. The molecule has 0 saturated heterocycles. The summed E-state index contributed by atoms with van der Waals surface area (Å²) in [6.07, 6.45) is 1.66. The molecule has 1 aromatic heterocycles. The molecule has 0 aliphatic rings.